The van der Waals surface area contributed by atoms with Gasteiger partial charge in [-0.15, -0.1) is 0 Å². The predicted molar refractivity (Wildman–Crippen MR) is 65.1 cm³/mol. The van der Waals surface area contributed by atoms with Crippen molar-refractivity contribution in [3.63, 3.8) is 0 Å². The zero-order valence-electron chi connectivity index (χ0n) is 9.34. The fraction of sp³-hybridized carbons (Fsp3) is 0.214. The molecule has 3 heteroatoms. The van der Waals surface area contributed by atoms with Crippen LogP contribution in [0.2, 0.25) is 0 Å². The molecule has 1 aliphatic carbocycles. The van der Waals surface area contributed by atoms with E-state index in [4.69, 9.17) is 0 Å². The maximum Gasteiger partial charge on any atom is 0.337 e. The monoisotopic (exact) mass is 227 g/mol. The van der Waals surface area contributed by atoms with Crippen LogP contribution in [0.4, 0.5) is 0 Å². The lowest BCUT2D eigenvalue weighted by atomic mass is 10.1. The Kier molecular flexibility index (Phi) is 2.25. The number of hydrogen-bond donors (Lipinski definition) is 1. The van der Waals surface area contributed by atoms with Crippen molar-refractivity contribution in [1.82, 2.24) is 4.57 Å². The number of nitrogens with zero attached hydrogens (tertiary/aromatic N) is 1. The van der Waals surface area contributed by atoms with Crippen LogP contribution in [0.3, 0.4) is 0 Å². The summed E-state index contributed by atoms with van der Waals surface area (Å²) in [4.78, 5) is 11.2. The zero-order chi connectivity index (χ0) is 11.8. The second kappa shape index (κ2) is 3.77. The summed E-state index contributed by atoms with van der Waals surface area (Å²) in [5.74, 6) is -0.858. The van der Waals surface area contributed by atoms with Gasteiger partial charge in [0.15, 0.2) is 0 Å². The van der Waals surface area contributed by atoms with Crippen LogP contribution in [0.25, 0.3) is 11.3 Å². The van der Waals surface area contributed by atoms with Crippen LogP contribution in [0.5, 0.6) is 0 Å². The Morgan fingerprint density at radius 1 is 1.18 bits per heavy atom. The molecular weight excluding hydrogens is 214 g/mol. The van der Waals surface area contributed by atoms with Gasteiger partial charge in [0, 0.05) is 12.2 Å². The average molecular weight is 227 g/mol. The lowest BCUT2D eigenvalue weighted by Gasteiger charge is -2.09. The molecule has 1 aromatic heterocycles. The van der Waals surface area contributed by atoms with Crippen molar-refractivity contribution in [1.29, 1.82) is 0 Å². The van der Waals surface area contributed by atoms with Gasteiger partial charge in [-0.3, -0.25) is 0 Å². The lowest BCUT2D eigenvalue weighted by Crippen LogP contribution is -2.01. The standard InChI is InChI=1S/C14H13NO2/c16-14(17)12-8-9-15(11-6-7-11)13(12)10-4-2-1-3-5-10/h1-5,8-9,11H,6-7H2,(H,16,17). The number of benzene rings is 1. The van der Waals surface area contributed by atoms with Crippen LogP contribution in [-0.2, 0) is 0 Å². The van der Waals surface area contributed by atoms with E-state index in [1.54, 1.807) is 6.07 Å². The number of aromatic carboxylic acids is 1. The minimum absolute atomic E-state index is 0.392. The Morgan fingerprint density at radius 3 is 2.47 bits per heavy atom. The van der Waals surface area contributed by atoms with Gasteiger partial charge in [-0.05, 0) is 24.5 Å². The van der Waals surface area contributed by atoms with E-state index >= 15 is 0 Å². The molecule has 0 spiro atoms. The molecule has 1 aromatic carbocycles. The molecular formula is C14H13NO2. The average Bonchev–Trinajstić information content (AvgIpc) is 3.08. The van der Waals surface area contributed by atoms with E-state index in [0.717, 1.165) is 24.1 Å². The van der Waals surface area contributed by atoms with Crippen molar-refractivity contribution in [3.05, 3.63) is 48.2 Å². The van der Waals surface area contributed by atoms with E-state index < -0.39 is 5.97 Å². The first kappa shape index (κ1) is 10.1. The normalized spacial score (nSPS) is 14.8. The third-order valence-corrected chi connectivity index (χ3v) is 3.13. The summed E-state index contributed by atoms with van der Waals surface area (Å²) in [5, 5.41) is 9.23. The fourth-order valence-electron chi connectivity index (χ4n) is 2.18. The number of hydrogen-bond acceptors (Lipinski definition) is 1. The van der Waals surface area contributed by atoms with E-state index in [9.17, 15) is 9.90 Å². The first-order chi connectivity index (χ1) is 8.27. The van der Waals surface area contributed by atoms with Crippen molar-refractivity contribution >= 4 is 5.97 Å². The maximum absolute atomic E-state index is 11.2. The zero-order valence-corrected chi connectivity index (χ0v) is 9.34. The van der Waals surface area contributed by atoms with Gasteiger partial charge >= 0.3 is 5.97 Å². The van der Waals surface area contributed by atoms with E-state index in [2.05, 4.69) is 4.57 Å². The summed E-state index contributed by atoms with van der Waals surface area (Å²) in [7, 11) is 0. The largest absolute Gasteiger partial charge is 0.478 e. The Bertz CT molecular complexity index is 553. The third-order valence-electron chi connectivity index (χ3n) is 3.13. The van der Waals surface area contributed by atoms with Gasteiger partial charge in [0.2, 0.25) is 0 Å². The van der Waals surface area contributed by atoms with E-state index in [0.29, 0.717) is 11.6 Å². The molecule has 1 heterocycles. The number of rotatable bonds is 3. The van der Waals surface area contributed by atoms with Crippen LogP contribution >= 0.6 is 0 Å². The molecule has 86 valence electrons. The topological polar surface area (TPSA) is 42.2 Å². The van der Waals surface area contributed by atoms with Crippen LogP contribution in [0.15, 0.2) is 42.6 Å². The Labute approximate surface area is 99.3 Å². The minimum Gasteiger partial charge on any atom is -0.478 e. The van der Waals surface area contributed by atoms with Gasteiger partial charge in [-0.2, -0.15) is 0 Å². The second-order valence-corrected chi connectivity index (χ2v) is 4.39. The van der Waals surface area contributed by atoms with Crippen molar-refractivity contribution in [2.45, 2.75) is 18.9 Å². The quantitative estimate of drug-likeness (QED) is 0.874. The minimum atomic E-state index is -0.858. The van der Waals surface area contributed by atoms with Crippen molar-refractivity contribution in [2.24, 2.45) is 0 Å². The summed E-state index contributed by atoms with van der Waals surface area (Å²) in [6, 6.07) is 11.9. The molecule has 3 rings (SSSR count). The van der Waals surface area contributed by atoms with Crippen molar-refractivity contribution < 1.29 is 9.90 Å². The van der Waals surface area contributed by atoms with Gasteiger partial charge in [0.05, 0.1) is 11.3 Å². The third kappa shape index (κ3) is 1.73. The Morgan fingerprint density at radius 2 is 1.88 bits per heavy atom. The molecule has 0 aliphatic heterocycles. The molecule has 0 saturated heterocycles. The molecule has 0 bridgehead atoms. The molecule has 1 saturated carbocycles. The van der Waals surface area contributed by atoms with E-state index in [1.165, 1.54) is 0 Å². The first-order valence-electron chi connectivity index (χ1n) is 5.77. The highest BCUT2D eigenvalue weighted by Crippen LogP contribution is 2.40. The predicted octanol–water partition coefficient (Wildman–Crippen LogP) is 3.19. The summed E-state index contributed by atoms with van der Waals surface area (Å²) in [5.41, 5.74) is 2.20. The van der Waals surface area contributed by atoms with Gasteiger partial charge in [-0.1, -0.05) is 30.3 Å². The molecule has 0 atom stereocenters. The molecule has 0 radical (unpaired) electrons. The number of aromatic nitrogens is 1. The molecule has 1 aliphatic rings. The number of carboxylic acid groups (broad SMARTS) is 1. The van der Waals surface area contributed by atoms with Crippen LogP contribution in [0, 0.1) is 0 Å². The second-order valence-electron chi connectivity index (χ2n) is 4.39. The first-order valence-corrected chi connectivity index (χ1v) is 5.77. The summed E-state index contributed by atoms with van der Waals surface area (Å²) < 4.78 is 2.10. The highest BCUT2D eigenvalue weighted by atomic mass is 16.4. The van der Waals surface area contributed by atoms with E-state index in [-0.39, 0.29) is 0 Å². The molecule has 17 heavy (non-hydrogen) atoms. The van der Waals surface area contributed by atoms with Crippen molar-refractivity contribution in [3.8, 4) is 11.3 Å². The molecule has 1 fully saturated rings. The summed E-state index contributed by atoms with van der Waals surface area (Å²) in [6.45, 7) is 0. The molecule has 2 aromatic rings. The summed E-state index contributed by atoms with van der Waals surface area (Å²) >= 11 is 0. The molecule has 3 nitrogen and oxygen atoms in total. The van der Waals surface area contributed by atoms with Gasteiger partial charge < -0.3 is 9.67 Å². The SMILES string of the molecule is O=C(O)c1ccn(C2CC2)c1-c1ccccc1. The van der Waals surface area contributed by atoms with Crippen LogP contribution in [0.1, 0.15) is 29.2 Å². The van der Waals surface area contributed by atoms with Gasteiger partial charge in [0.25, 0.3) is 0 Å². The number of carboxylic acids is 1. The van der Waals surface area contributed by atoms with Crippen molar-refractivity contribution in [2.75, 3.05) is 0 Å². The highest BCUT2D eigenvalue weighted by molar-refractivity contribution is 5.95. The molecule has 0 amide bonds. The highest BCUT2D eigenvalue weighted by Gasteiger charge is 2.28. The Balaban J connectivity index is 2.18. The van der Waals surface area contributed by atoms with Crippen LogP contribution < -0.4 is 0 Å². The van der Waals surface area contributed by atoms with Crippen LogP contribution in [-0.4, -0.2) is 15.6 Å². The smallest absolute Gasteiger partial charge is 0.337 e. The molecule has 0 unspecified atom stereocenters. The maximum atomic E-state index is 11.2. The van der Waals surface area contributed by atoms with Gasteiger partial charge in [-0.25, -0.2) is 4.79 Å². The van der Waals surface area contributed by atoms with Gasteiger partial charge in [0.1, 0.15) is 0 Å². The van der Waals surface area contributed by atoms with E-state index in [1.807, 2.05) is 36.5 Å². The number of carbonyl (C=O) groups is 1. The summed E-state index contributed by atoms with van der Waals surface area (Å²) in [6.07, 6.45) is 4.19. The lowest BCUT2D eigenvalue weighted by molar-refractivity contribution is 0.0698. The Hall–Kier alpha value is -2.03. The fourth-order valence-corrected chi connectivity index (χ4v) is 2.18. The molecule has 1 N–H and O–H groups in total.